The molecule has 4 atom stereocenters. The smallest absolute Gasteiger partial charge is 0.363 e. The van der Waals surface area contributed by atoms with Crippen molar-refractivity contribution in [3.05, 3.63) is 0 Å². The van der Waals surface area contributed by atoms with Crippen molar-refractivity contribution in [1.82, 2.24) is 0 Å². The summed E-state index contributed by atoms with van der Waals surface area (Å²) in [5.74, 6) is -0.560. The Balaban J connectivity index is 1.93. The molecule has 6 nitrogen and oxygen atoms in total. The largest absolute Gasteiger partial charge is 0.462 e. The van der Waals surface area contributed by atoms with Crippen molar-refractivity contribution in [3.8, 4) is 0 Å². The molecular formula is C9H14O6. The average molecular weight is 218 g/mol. The van der Waals surface area contributed by atoms with Crippen molar-refractivity contribution < 1.29 is 28.8 Å². The van der Waals surface area contributed by atoms with Gasteiger partial charge in [-0.1, -0.05) is 0 Å². The van der Waals surface area contributed by atoms with E-state index in [2.05, 4.69) is 0 Å². The molecule has 0 radical (unpaired) electrons. The zero-order valence-corrected chi connectivity index (χ0v) is 8.42. The Morgan fingerprint density at radius 2 is 2.27 bits per heavy atom. The van der Waals surface area contributed by atoms with E-state index < -0.39 is 24.5 Å². The van der Waals surface area contributed by atoms with Gasteiger partial charge in [-0.25, -0.2) is 4.79 Å². The van der Waals surface area contributed by atoms with Crippen molar-refractivity contribution in [2.45, 2.75) is 31.5 Å². The zero-order chi connectivity index (χ0) is 10.8. The summed E-state index contributed by atoms with van der Waals surface area (Å²) in [6, 6.07) is 0. The van der Waals surface area contributed by atoms with Gasteiger partial charge in [0.1, 0.15) is 18.3 Å². The SMILES string of the molecule is CCOC(=O)[C@H]1OC[C@@H]2OC[C@@H](O)[C@@H]2O1. The lowest BCUT2D eigenvalue weighted by atomic mass is 10.1. The standard InChI is InChI=1S/C9H14O6/c1-2-12-8(11)9-14-4-6-7(15-9)5(10)3-13-6/h5-7,9-10H,2-4H2,1H3/t5-,6+,7+,9+/m1/s1. The highest BCUT2D eigenvalue weighted by Crippen LogP contribution is 2.25. The summed E-state index contributed by atoms with van der Waals surface area (Å²) in [6.45, 7) is 2.44. The number of carbonyl (C=O) groups excluding carboxylic acids is 1. The topological polar surface area (TPSA) is 74.2 Å². The molecule has 2 saturated heterocycles. The van der Waals surface area contributed by atoms with Gasteiger partial charge in [-0.3, -0.25) is 0 Å². The molecule has 2 heterocycles. The van der Waals surface area contributed by atoms with Gasteiger partial charge in [0.15, 0.2) is 0 Å². The summed E-state index contributed by atoms with van der Waals surface area (Å²) >= 11 is 0. The van der Waals surface area contributed by atoms with Crippen LogP contribution in [0.15, 0.2) is 0 Å². The second-order valence-electron chi connectivity index (χ2n) is 3.46. The van der Waals surface area contributed by atoms with Gasteiger partial charge in [-0.2, -0.15) is 0 Å². The van der Waals surface area contributed by atoms with E-state index in [9.17, 15) is 9.90 Å². The summed E-state index contributed by atoms with van der Waals surface area (Å²) in [6.07, 6.45) is -2.52. The predicted octanol–water partition coefficient (Wildman–Crippen LogP) is -0.949. The van der Waals surface area contributed by atoms with Gasteiger partial charge in [-0.15, -0.1) is 0 Å². The first kappa shape index (κ1) is 10.8. The minimum absolute atomic E-state index is 0.217. The van der Waals surface area contributed by atoms with Crippen LogP contribution in [-0.2, 0) is 23.7 Å². The molecule has 0 unspecified atom stereocenters. The summed E-state index contributed by atoms with van der Waals surface area (Å²) in [4.78, 5) is 11.3. The minimum atomic E-state index is -1.04. The van der Waals surface area contributed by atoms with E-state index in [1.807, 2.05) is 0 Å². The second kappa shape index (κ2) is 4.44. The Morgan fingerprint density at radius 1 is 1.47 bits per heavy atom. The molecule has 0 spiro atoms. The van der Waals surface area contributed by atoms with E-state index in [1.54, 1.807) is 6.92 Å². The van der Waals surface area contributed by atoms with E-state index in [0.717, 1.165) is 0 Å². The average Bonchev–Trinajstić information content (AvgIpc) is 2.60. The van der Waals surface area contributed by atoms with E-state index in [1.165, 1.54) is 0 Å². The maximum absolute atomic E-state index is 11.3. The van der Waals surface area contributed by atoms with Crippen molar-refractivity contribution >= 4 is 5.97 Å². The van der Waals surface area contributed by atoms with Gasteiger partial charge in [0.05, 0.1) is 19.8 Å². The molecular weight excluding hydrogens is 204 g/mol. The molecule has 0 aromatic rings. The highest BCUT2D eigenvalue weighted by Gasteiger charge is 2.44. The lowest BCUT2D eigenvalue weighted by molar-refractivity contribution is -0.252. The van der Waals surface area contributed by atoms with Crippen LogP contribution in [0.4, 0.5) is 0 Å². The van der Waals surface area contributed by atoms with Gasteiger partial charge in [0.25, 0.3) is 6.29 Å². The molecule has 2 aliphatic heterocycles. The fourth-order valence-corrected chi connectivity index (χ4v) is 1.68. The number of aliphatic hydroxyl groups is 1. The summed E-state index contributed by atoms with van der Waals surface area (Å²) < 4.78 is 20.3. The van der Waals surface area contributed by atoms with E-state index in [4.69, 9.17) is 18.9 Å². The lowest BCUT2D eigenvalue weighted by Crippen LogP contribution is -2.48. The van der Waals surface area contributed by atoms with Crippen LogP contribution in [0.1, 0.15) is 6.92 Å². The maximum Gasteiger partial charge on any atom is 0.363 e. The number of fused-ring (bicyclic) bond motifs is 1. The predicted molar refractivity (Wildman–Crippen MR) is 47.0 cm³/mol. The third kappa shape index (κ3) is 2.12. The zero-order valence-electron chi connectivity index (χ0n) is 8.42. The number of aliphatic hydroxyl groups excluding tert-OH is 1. The molecule has 0 aromatic carbocycles. The Morgan fingerprint density at radius 3 is 3.00 bits per heavy atom. The third-order valence-electron chi connectivity index (χ3n) is 2.40. The van der Waals surface area contributed by atoms with Crippen LogP contribution in [0.5, 0.6) is 0 Å². The molecule has 0 aromatic heterocycles. The number of hydrogen-bond acceptors (Lipinski definition) is 6. The maximum atomic E-state index is 11.3. The van der Waals surface area contributed by atoms with Crippen molar-refractivity contribution in [1.29, 1.82) is 0 Å². The van der Waals surface area contributed by atoms with Crippen LogP contribution in [0.25, 0.3) is 0 Å². The van der Waals surface area contributed by atoms with Gasteiger partial charge in [0.2, 0.25) is 0 Å². The Bertz CT molecular complexity index is 243. The van der Waals surface area contributed by atoms with Crippen LogP contribution in [-0.4, -0.2) is 55.5 Å². The Labute approximate surface area is 87.1 Å². The van der Waals surface area contributed by atoms with Gasteiger partial charge < -0.3 is 24.1 Å². The van der Waals surface area contributed by atoms with Crippen LogP contribution >= 0.6 is 0 Å². The quantitative estimate of drug-likeness (QED) is 0.602. The molecule has 0 amide bonds. The Kier molecular flexibility index (Phi) is 3.20. The summed E-state index contributed by atoms with van der Waals surface area (Å²) in [5.41, 5.74) is 0. The van der Waals surface area contributed by atoms with Crippen LogP contribution in [0, 0.1) is 0 Å². The number of rotatable bonds is 2. The molecule has 2 rings (SSSR count). The number of carbonyl (C=O) groups is 1. The summed E-state index contributed by atoms with van der Waals surface area (Å²) in [7, 11) is 0. The number of esters is 1. The van der Waals surface area contributed by atoms with Crippen LogP contribution in [0.3, 0.4) is 0 Å². The molecule has 0 bridgehead atoms. The highest BCUT2D eigenvalue weighted by atomic mass is 16.7. The first-order chi connectivity index (χ1) is 7.22. The van der Waals surface area contributed by atoms with E-state index in [-0.39, 0.29) is 25.9 Å². The highest BCUT2D eigenvalue weighted by molar-refractivity contribution is 5.73. The van der Waals surface area contributed by atoms with Crippen molar-refractivity contribution in [2.24, 2.45) is 0 Å². The number of ether oxygens (including phenoxy) is 4. The number of hydrogen-bond donors (Lipinski definition) is 1. The summed E-state index contributed by atoms with van der Waals surface area (Å²) in [5, 5.41) is 9.50. The Hall–Kier alpha value is -0.690. The molecule has 6 heteroatoms. The molecule has 2 fully saturated rings. The monoisotopic (exact) mass is 218 g/mol. The van der Waals surface area contributed by atoms with Crippen molar-refractivity contribution in [2.75, 3.05) is 19.8 Å². The molecule has 2 aliphatic rings. The second-order valence-corrected chi connectivity index (χ2v) is 3.46. The fourth-order valence-electron chi connectivity index (χ4n) is 1.68. The van der Waals surface area contributed by atoms with E-state index in [0.29, 0.717) is 0 Å². The van der Waals surface area contributed by atoms with Gasteiger partial charge in [-0.05, 0) is 6.92 Å². The van der Waals surface area contributed by atoms with Crippen molar-refractivity contribution in [3.63, 3.8) is 0 Å². The van der Waals surface area contributed by atoms with Gasteiger partial charge >= 0.3 is 5.97 Å². The normalized spacial score (nSPS) is 39.9. The first-order valence-corrected chi connectivity index (χ1v) is 4.95. The van der Waals surface area contributed by atoms with Gasteiger partial charge in [0, 0.05) is 0 Å². The fraction of sp³-hybridized carbons (Fsp3) is 0.889. The lowest BCUT2D eigenvalue weighted by Gasteiger charge is -2.30. The molecule has 1 N–H and O–H groups in total. The minimum Gasteiger partial charge on any atom is -0.462 e. The third-order valence-corrected chi connectivity index (χ3v) is 2.40. The van der Waals surface area contributed by atoms with E-state index >= 15 is 0 Å². The first-order valence-electron chi connectivity index (χ1n) is 4.95. The van der Waals surface area contributed by atoms with Crippen LogP contribution < -0.4 is 0 Å². The molecule has 15 heavy (non-hydrogen) atoms. The molecule has 0 aliphatic carbocycles. The van der Waals surface area contributed by atoms with Crippen LogP contribution in [0.2, 0.25) is 0 Å². The molecule has 86 valence electrons. The molecule has 0 saturated carbocycles.